The van der Waals surface area contributed by atoms with Crippen LogP contribution in [-0.4, -0.2) is 12.5 Å². The Morgan fingerprint density at radius 2 is 1.69 bits per heavy atom. The summed E-state index contributed by atoms with van der Waals surface area (Å²) in [4.78, 5) is 0. The minimum absolute atomic E-state index is 0.0242. The molecule has 0 aliphatic heterocycles. The summed E-state index contributed by atoms with van der Waals surface area (Å²) >= 11 is 0. The van der Waals surface area contributed by atoms with Gasteiger partial charge in [-0.1, -0.05) is 13.3 Å². The molecule has 0 amide bonds. The molecule has 1 aliphatic rings. The molecule has 0 atom stereocenters. The number of halogens is 2. The molecule has 1 nitrogen and oxygen atoms in total. The van der Waals surface area contributed by atoms with Crippen LogP contribution < -0.4 is 5.73 Å². The SMILES string of the molecule is CCCC1(CN)CCC(F)(F)CC1. The Morgan fingerprint density at radius 1 is 1.15 bits per heavy atom. The zero-order valence-electron chi connectivity index (χ0n) is 8.28. The van der Waals surface area contributed by atoms with E-state index in [4.69, 9.17) is 5.73 Å². The number of rotatable bonds is 3. The van der Waals surface area contributed by atoms with Gasteiger partial charge >= 0.3 is 0 Å². The van der Waals surface area contributed by atoms with Crippen LogP contribution in [-0.2, 0) is 0 Å². The minimum Gasteiger partial charge on any atom is -0.330 e. The van der Waals surface area contributed by atoms with E-state index in [0.717, 1.165) is 12.8 Å². The van der Waals surface area contributed by atoms with Crippen molar-refractivity contribution in [1.29, 1.82) is 0 Å². The average Bonchev–Trinajstić information content (AvgIpc) is 2.10. The van der Waals surface area contributed by atoms with Crippen molar-refractivity contribution in [3.63, 3.8) is 0 Å². The van der Waals surface area contributed by atoms with Gasteiger partial charge in [0.2, 0.25) is 5.92 Å². The van der Waals surface area contributed by atoms with E-state index in [1.165, 1.54) is 0 Å². The van der Waals surface area contributed by atoms with Crippen molar-refractivity contribution < 1.29 is 8.78 Å². The van der Waals surface area contributed by atoms with Crippen LogP contribution in [0.1, 0.15) is 45.4 Å². The maximum absolute atomic E-state index is 12.9. The molecule has 3 heteroatoms. The van der Waals surface area contributed by atoms with Crippen molar-refractivity contribution in [3.05, 3.63) is 0 Å². The van der Waals surface area contributed by atoms with Gasteiger partial charge in [0.15, 0.2) is 0 Å². The molecule has 1 rings (SSSR count). The van der Waals surface area contributed by atoms with Gasteiger partial charge in [0.05, 0.1) is 0 Å². The summed E-state index contributed by atoms with van der Waals surface area (Å²) < 4.78 is 25.8. The van der Waals surface area contributed by atoms with Crippen molar-refractivity contribution in [3.8, 4) is 0 Å². The zero-order chi connectivity index (χ0) is 9.95. The molecule has 1 saturated carbocycles. The van der Waals surface area contributed by atoms with Crippen LogP contribution >= 0.6 is 0 Å². The van der Waals surface area contributed by atoms with Crippen LogP contribution in [0.3, 0.4) is 0 Å². The van der Waals surface area contributed by atoms with Gasteiger partial charge in [0.1, 0.15) is 0 Å². The second-order valence-electron chi connectivity index (χ2n) is 4.31. The molecule has 0 aromatic carbocycles. The van der Waals surface area contributed by atoms with Crippen LogP contribution in [0.5, 0.6) is 0 Å². The molecule has 1 fully saturated rings. The number of hydrogen-bond acceptors (Lipinski definition) is 1. The van der Waals surface area contributed by atoms with Crippen molar-refractivity contribution in [2.45, 2.75) is 51.4 Å². The van der Waals surface area contributed by atoms with Crippen LogP contribution in [0.4, 0.5) is 8.78 Å². The highest BCUT2D eigenvalue weighted by Crippen LogP contribution is 2.45. The van der Waals surface area contributed by atoms with E-state index < -0.39 is 5.92 Å². The van der Waals surface area contributed by atoms with Gasteiger partial charge < -0.3 is 5.73 Å². The predicted molar refractivity (Wildman–Crippen MR) is 49.8 cm³/mol. The quantitative estimate of drug-likeness (QED) is 0.729. The summed E-state index contributed by atoms with van der Waals surface area (Å²) in [5.74, 6) is -2.42. The molecule has 0 aromatic rings. The summed E-state index contributed by atoms with van der Waals surface area (Å²) in [6.45, 7) is 2.65. The first-order valence-electron chi connectivity index (χ1n) is 5.11. The summed E-state index contributed by atoms with van der Waals surface area (Å²) in [6.07, 6.45) is 3.31. The molecule has 0 aromatic heterocycles. The van der Waals surface area contributed by atoms with Gasteiger partial charge in [-0.15, -0.1) is 0 Å². The smallest absolute Gasteiger partial charge is 0.248 e. The van der Waals surface area contributed by atoms with Crippen LogP contribution in [0, 0.1) is 5.41 Å². The molecule has 0 unspecified atom stereocenters. The van der Waals surface area contributed by atoms with Crippen molar-refractivity contribution in [1.82, 2.24) is 0 Å². The van der Waals surface area contributed by atoms with Crippen molar-refractivity contribution in [2.75, 3.05) is 6.54 Å². The number of alkyl halides is 2. The molecule has 13 heavy (non-hydrogen) atoms. The average molecular weight is 191 g/mol. The third-order valence-electron chi connectivity index (χ3n) is 3.26. The Balaban J connectivity index is 2.52. The lowest BCUT2D eigenvalue weighted by atomic mass is 9.70. The van der Waals surface area contributed by atoms with Crippen LogP contribution in [0.15, 0.2) is 0 Å². The highest BCUT2D eigenvalue weighted by molar-refractivity contribution is 4.89. The standard InChI is InChI=1S/C10H19F2N/c1-2-3-9(8-13)4-6-10(11,12)7-5-9/h2-8,13H2,1H3. The molecular weight excluding hydrogens is 172 g/mol. The van der Waals surface area contributed by atoms with Crippen LogP contribution in [0.25, 0.3) is 0 Å². The maximum atomic E-state index is 12.9. The van der Waals surface area contributed by atoms with E-state index in [2.05, 4.69) is 6.92 Å². The number of hydrogen-bond donors (Lipinski definition) is 1. The monoisotopic (exact) mass is 191 g/mol. The zero-order valence-corrected chi connectivity index (χ0v) is 8.28. The lowest BCUT2D eigenvalue weighted by Crippen LogP contribution is -2.38. The van der Waals surface area contributed by atoms with Crippen molar-refractivity contribution >= 4 is 0 Å². The first-order chi connectivity index (χ1) is 6.04. The van der Waals surface area contributed by atoms with E-state index in [1.54, 1.807) is 0 Å². The van der Waals surface area contributed by atoms with E-state index in [9.17, 15) is 8.78 Å². The van der Waals surface area contributed by atoms with E-state index in [0.29, 0.717) is 19.4 Å². The van der Waals surface area contributed by atoms with Gasteiger partial charge in [-0.25, -0.2) is 8.78 Å². The van der Waals surface area contributed by atoms with Gasteiger partial charge in [-0.2, -0.15) is 0 Å². The molecule has 0 spiro atoms. The highest BCUT2D eigenvalue weighted by Gasteiger charge is 2.41. The first kappa shape index (κ1) is 10.9. The molecular formula is C10H19F2N. The molecule has 0 radical (unpaired) electrons. The van der Waals surface area contributed by atoms with E-state index in [1.807, 2.05) is 0 Å². The fraction of sp³-hybridized carbons (Fsp3) is 1.00. The highest BCUT2D eigenvalue weighted by atomic mass is 19.3. The topological polar surface area (TPSA) is 26.0 Å². The Bertz CT molecular complexity index is 158. The van der Waals surface area contributed by atoms with Gasteiger partial charge in [-0.05, 0) is 31.2 Å². The largest absolute Gasteiger partial charge is 0.330 e. The Kier molecular flexibility index (Phi) is 3.28. The van der Waals surface area contributed by atoms with Crippen LogP contribution in [0.2, 0.25) is 0 Å². The molecule has 1 aliphatic carbocycles. The Hall–Kier alpha value is -0.180. The van der Waals surface area contributed by atoms with Gasteiger partial charge in [-0.3, -0.25) is 0 Å². The second kappa shape index (κ2) is 3.91. The first-order valence-corrected chi connectivity index (χ1v) is 5.11. The summed E-state index contributed by atoms with van der Waals surface area (Å²) in [5.41, 5.74) is 5.69. The normalized spacial score (nSPS) is 25.8. The number of nitrogens with two attached hydrogens (primary N) is 1. The summed E-state index contributed by atoms with van der Waals surface area (Å²) in [5, 5.41) is 0. The molecule has 2 N–H and O–H groups in total. The molecule has 0 bridgehead atoms. The van der Waals surface area contributed by atoms with E-state index >= 15 is 0 Å². The summed E-state index contributed by atoms with van der Waals surface area (Å²) in [6, 6.07) is 0. The molecule has 0 heterocycles. The fourth-order valence-electron chi connectivity index (χ4n) is 2.23. The lowest BCUT2D eigenvalue weighted by molar-refractivity contribution is -0.0670. The second-order valence-corrected chi connectivity index (χ2v) is 4.31. The van der Waals surface area contributed by atoms with Crippen molar-refractivity contribution in [2.24, 2.45) is 11.1 Å². The summed E-state index contributed by atoms with van der Waals surface area (Å²) in [7, 11) is 0. The minimum atomic E-state index is -2.42. The van der Waals surface area contributed by atoms with E-state index in [-0.39, 0.29) is 18.3 Å². The predicted octanol–water partition coefficient (Wildman–Crippen LogP) is 2.94. The Morgan fingerprint density at radius 3 is 2.08 bits per heavy atom. The van der Waals surface area contributed by atoms with Gasteiger partial charge in [0, 0.05) is 12.8 Å². The Labute approximate surface area is 78.7 Å². The van der Waals surface area contributed by atoms with Gasteiger partial charge in [0.25, 0.3) is 0 Å². The molecule has 78 valence electrons. The molecule has 0 saturated heterocycles. The maximum Gasteiger partial charge on any atom is 0.248 e. The lowest BCUT2D eigenvalue weighted by Gasteiger charge is -2.39. The fourth-order valence-corrected chi connectivity index (χ4v) is 2.23. The third-order valence-corrected chi connectivity index (χ3v) is 3.26. The third kappa shape index (κ3) is 2.63.